The minimum atomic E-state index is 0.181. The number of nitrogens with two attached hydrogens (primary N) is 2. The second-order valence-corrected chi connectivity index (χ2v) is 4.10. The van der Waals surface area contributed by atoms with Gasteiger partial charge in [0.2, 0.25) is 0 Å². The Morgan fingerprint density at radius 3 is 2.27 bits per heavy atom. The lowest BCUT2D eigenvalue weighted by molar-refractivity contribution is 0.619. The van der Waals surface area contributed by atoms with Gasteiger partial charge in [-0.1, -0.05) is 12.1 Å². The van der Waals surface area contributed by atoms with E-state index >= 15 is 0 Å². The molecule has 0 radical (unpaired) electrons. The molecule has 0 fully saturated rings. The average Bonchev–Trinajstić information content (AvgIpc) is 2.18. The largest absolute Gasteiger partial charge is 0.378 e. The van der Waals surface area contributed by atoms with E-state index in [4.69, 9.17) is 11.5 Å². The molecule has 4 N–H and O–H groups in total. The third kappa shape index (κ3) is 3.90. The summed E-state index contributed by atoms with van der Waals surface area (Å²) >= 11 is 0. The van der Waals surface area contributed by atoms with Crippen LogP contribution in [-0.2, 0) is 6.42 Å². The molecule has 0 amide bonds. The van der Waals surface area contributed by atoms with Gasteiger partial charge in [-0.15, -0.1) is 0 Å². The Hall–Kier alpha value is -1.06. The van der Waals surface area contributed by atoms with Gasteiger partial charge in [0.15, 0.2) is 0 Å². The number of anilines is 1. The fraction of sp³-hybridized carbons (Fsp3) is 0.500. The molecule has 1 aromatic rings. The Balaban J connectivity index is 2.56. The van der Waals surface area contributed by atoms with E-state index < -0.39 is 0 Å². The van der Waals surface area contributed by atoms with Crippen LogP contribution in [0, 0.1) is 0 Å². The Bertz CT molecular complexity index is 279. The zero-order valence-corrected chi connectivity index (χ0v) is 9.61. The standard InChI is InChI=1S/C12H21N3/c1-15(2)12-5-3-10(4-6-12)9-11(14)7-8-13/h3-6,11H,7-9,13-14H2,1-2H3. The van der Waals surface area contributed by atoms with Gasteiger partial charge >= 0.3 is 0 Å². The Morgan fingerprint density at radius 1 is 1.20 bits per heavy atom. The molecule has 84 valence electrons. The Labute approximate surface area is 92.1 Å². The van der Waals surface area contributed by atoms with Gasteiger partial charge in [0.1, 0.15) is 0 Å². The highest BCUT2D eigenvalue weighted by Crippen LogP contribution is 2.13. The van der Waals surface area contributed by atoms with Crippen molar-refractivity contribution in [3.63, 3.8) is 0 Å². The van der Waals surface area contributed by atoms with Crippen LogP contribution < -0.4 is 16.4 Å². The second-order valence-electron chi connectivity index (χ2n) is 4.10. The summed E-state index contributed by atoms with van der Waals surface area (Å²) in [7, 11) is 4.07. The van der Waals surface area contributed by atoms with Crippen molar-refractivity contribution in [2.75, 3.05) is 25.5 Å². The lowest BCUT2D eigenvalue weighted by atomic mass is 10.0. The summed E-state index contributed by atoms with van der Waals surface area (Å²) in [6, 6.07) is 8.67. The topological polar surface area (TPSA) is 55.3 Å². The number of benzene rings is 1. The number of rotatable bonds is 5. The van der Waals surface area contributed by atoms with Crippen molar-refractivity contribution in [2.45, 2.75) is 18.9 Å². The van der Waals surface area contributed by atoms with Gasteiger partial charge < -0.3 is 16.4 Å². The van der Waals surface area contributed by atoms with E-state index in [9.17, 15) is 0 Å². The number of hydrogen-bond acceptors (Lipinski definition) is 3. The summed E-state index contributed by atoms with van der Waals surface area (Å²) < 4.78 is 0. The maximum absolute atomic E-state index is 5.92. The van der Waals surface area contributed by atoms with Crippen molar-refractivity contribution in [2.24, 2.45) is 11.5 Å². The molecule has 0 bridgehead atoms. The van der Waals surface area contributed by atoms with Crippen molar-refractivity contribution in [1.82, 2.24) is 0 Å². The molecule has 0 aliphatic carbocycles. The van der Waals surface area contributed by atoms with Crippen LogP contribution in [0.3, 0.4) is 0 Å². The maximum Gasteiger partial charge on any atom is 0.0361 e. The van der Waals surface area contributed by atoms with Crippen LogP contribution in [0.25, 0.3) is 0 Å². The molecule has 0 saturated carbocycles. The van der Waals surface area contributed by atoms with Crippen molar-refractivity contribution in [3.8, 4) is 0 Å². The third-order valence-corrected chi connectivity index (χ3v) is 2.49. The molecular formula is C12H21N3. The fourth-order valence-electron chi connectivity index (χ4n) is 1.55. The van der Waals surface area contributed by atoms with E-state index in [1.54, 1.807) is 0 Å². The summed E-state index contributed by atoms with van der Waals surface area (Å²) in [6.07, 6.45) is 1.79. The zero-order valence-electron chi connectivity index (χ0n) is 9.61. The van der Waals surface area contributed by atoms with Crippen LogP contribution in [0.5, 0.6) is 0 Å². The summed E-state index contributed by atoms with van der Waals surface area (Å²) in [5.74, 6) is 0. The predicted molar refractivity (Wildman–Crippen MR) is 66.1 cm³/mol. The molecule has 0 saturated heterocycles. The molecule has 0 spiro atoms. The smallest absolute Gasteiger partial charge is 0.0361 e. The van der Waals surface area contributed by atoms with Gasteiger partial charge in [0.25, 0.3) is 0 Å². The molecular weight excluding hydrogens is 186 g/mol. The highest BCUT2D eigenvalue weighted by atomic mass is 15.1. The van der Waals surface area contributed by atoms with E-state index in [2.05, 4.69) is 29.2 Å². The van der Waals surface area contributed by atoms with E-state index in [0.29, 0.717) is 6.54 Å². The minimum Gasteiger partial charge on any atom is -0.378 e. The summed E-state index contributed by atoms with van der Waals surface area (Å²) in [5.41, 5.74) is 13.9. The normalized spacial score (nSPS) is 12.5. The van der Waals surface area contributed by atoms with Crippen LogP contribution in [0.4, 0.5) is 5.69 Å². The average molecular weight is 207 g/mol. The first-order valence-electron chi connectivity index (χ1n) is 5.35. The van der Waals surface area contributed by atoms with Crippen molar-refractivity contribution < 1.29 is 0 Å². The fourth-order valence-corrected chi connectivity index (χ4v) is 1.55. The molecule has 1 rings (SSSR count). The molecule has 15 heavy (non-hydrogen) atoms. The molecule has 0 aliphatic heterocycles. The first-order valence-corrected chi connectivity index (χ1v) is 5.35. The van der Waals surface area contributed by atoms with Gasteiger partial charge in [-0.2, -0.15) is 0 Å². The molecule has 1 aromatic carbocycles. The summed E-state index contributed by atoms with van der Waals surface area (Å²) in [5, 5.41) is 0. The Morgan fingerprint density at radius 2 is 1.80 bits per heavy atom. The minimum absolute atomic E-state index is 0.181. The second kappa shape index (κ2) is 5.73. The van der Waals surface area contributed by atoms with E-state index in [1.807, 2.05) is 14.1 Å². The van der Waals surface area contributed by atoms with Crippen LogP contribution >= 0.6 is 0 Å². The highest BCUT2D eigenvalue weighted by Gasteiger charge is 2.03. The van der Waals surface area contributed by atoms with Gasteiger partial charge in [-0.05, 0) is 37.1 Å². The molecule has 0 aromatic heterocycles. The molecule has 0 aliphatic rings. The molecule has 1 atom stereocenters. The van der Waals surface area contributed by atoms with Gasteiger partial charge in [-0.3, -0.25) is 0 Å². The molecule has 1 unspecified atom stereocenters. The molecule has 3 nitrogen and oxygen atoms in total. The first-order chi connectivity index (χ1) is 7.13. The van der Waals surface area contributed by atoms with Crippen molar-refractivity contribution in [3.05, 3.63) is 29.8 Å². The molecule has 0 heterocycles. The van der Waals surface area contributed by atoms with Crippen molar-refractivity contribution >= 4 is 5.69 Å². The van der Waals surface area contributed by atoms with Crippen LogP contribution in [0.2, 0.25) is 0 Å². The first kappa shape index (κ1) is 12.0. The van der Waals surface area contributed by atoms with E-state index in [-0.39, 0.29) is 6.04 Å². The van der Waals surface area contributed by atoms with Gasteiger partial charge in [0.05, 0.1) is 0 Å². The van der Waals surface area contributed by atoms with Crippen LogP contribution in [-0.4, -0.2) is 26.7 Å². The van der Waals surface area contributed by atoms with E-state index in [0.717, 1.165) is 12.8 Å². The zero-order chi connectivity index (χ0) is 11.3. The maximum atomic E-state index is 5.92. The summed E-state index contributed by atoms with van der Waals surface area (Å²) in [6.45, 7) is 0.664. The lowest BCUT2D eigenvalue weighted by Crippen LogP contribution is -2.25. The summed E-state index contributed by atoms with van der Waals surface area (Å²) in [4.78, 5) is 2.09. The van der Waals surface area contributed by atoms with Gasteiger partial charge in [0, 0.05) is 25.8 Å². The number of nitrogens with zero attached hydrogens (tertiary/aromatic N) is 1. The van der Waals surface area contributed by atoms with E-state index in [1.165, 1.54) is 11.3 Å². The lowest BCUT2D eigenvalue weighted by Gasteiger charge is -2.14. The monoisotopic (exact) mass is 207 g/mol. The Kier molecular flexibility index (Phi) is 4.59. The highest BCUT2D eigenvalue weighted by molar-refractivity contribution is 5.46. The quantitative estimate of drug-likeness (QED) is 0.756. The SMILES string of the molecule is CN(C)c1ccc(CC(N)CCN)cc1. The molecule has 3 heteroatoms. The van der Waals surface area contributed by atoms with Crippen molar-refractivity contribution in [1.29, 1.82) is 0 Å². The predicted octanol–water partition coefficient (Wildman–Crippen LogP) is 0.971. The van der Waals surface area contributed by atoms with Crippen LogP contribution in [0.1, 0.15) is 12.0 Å². The van der Waals surface area contributed by atoms with Crippen LogP contribution in [0.15, 0.2) is 24.3 Å². The third-order valence-electron chi connectivity index (χ3n) is 2.49. The number of hydrogen-bond donors (Lipinski definition) is 2. The van der Waals surface area contributed by atoms with Gasteiger partial charge in [-0.25, -0.2) is 0 Å².